The number of hydrogen-bond acceptors (Lipinski definition) is 2. The van der Waals surface area contributed by atoms with E-state index in [0.29, 0.717) is 0 Å². The summed E-state index contributed by atoms with van der Waals surface area (Å²) < 4.78 is 15.1. The van der Waals surface area contributed by atoms with Crippen LogP contribution in [-0.4, -0.2) is 6.54 Å². The van der Waals surface area contributed by atoms with E-state index in [1.165, 1.54) is 17.0 Å². The zero-order chi connectivity index (χ0) is 13.1. The summed E-state index contributed by atoms with van der Waals surface area (Å²) in [6.45, 7) is 2.92. The standard InChI is InChI=1S/C13H12Br2FNS/c1-2-17-12(8-3-5-9(16)6-4-8)11-7-10(14)13(15)18-11/h3-7,12,17H,2H2,1H3. The quantitative estimate of drug-likeness (QED) is 0.762. The summed E-state index contributed by atoms with van der Waals surface area (Å²) in [7, 11) is 0. The monoisotopic (exact) mass is 391 g/mol. The Hall–Kier alpha value is -0.230. The van der Waals surface area contributed by atoms with Crippen LogP contribution in [-0.2, 0) is 0 Å². The van der Waals surface area contributed by atoms with Crippen molar-refractivity contribution in [3.05, 3.63) is 54.8 Å². The average Bonchev–Trinajstić information content (AvgIpc) is 2.68. The first kappa shape index (κ1) is 14.2. The molecule has 1 unspecified atom stereocenters. The van der Waals surface area contributed by atoms with Gasteiger partial charge < -0.3 is 5.32 Å². The van der Waals surface area contributed by atoms with E-state index < -0.39 is 0 Å². The maximum Gasteiger partial charge on any atom is 0.123 e. The Morgan fingerprint density at radius 3 is 2.44 bits per heavy atom. The minimum Gasteiger partial charge on any atom is -0.306 e. The van der Waals surface area contributed by atoms with Crippen LogP contribution < -0.4 is 5.32 Å². The summed E-state index contributed by atoms with van der Waals surface area (Å²) in [4.78, 5) is 1.20. The highest BCUT2D eigenvalue weighted by atomic mass is 79.9. The zero-order valence-electron chi connectivity index (χ0n) is 9.71. The lowest BCUT2D eigenvalue weighted by atomic mass is 10.1. The van der Waals surface area contributed by atoms with Crippen molar-refractivity contribution < 1.29 is 4.39 Å². The second-order valence-electron chi connectivity index (χ2n) is 3.81. The molecule has 1 N–H and O–H groups in total. The van der Waals surface area contributed by atoms with Gasteiger partial charge in [-0.1, -0.05) is 19.1 Å². The second-order valence-corrected chi connectivity index (χ2v) is 7.07. The third-order valence-corrected chi connectivity index (χ3v) is 5.88. The molecule has 0 spiro atoms. The molecule has 0 saturated heterocycles. The third-order valence-electron chi connectivity index (χ3n) is 2.56. The molecule has 5 heteroatoms. The largest absolute Gasteiger partial charge is 0.306 e. The van der Waals surface area contributed by atoms with Gasteiger partial charge in [-0.05, 0) is 62.2 Å². The molecule has 1 atom stereocenters. The summed E-state index contributed by atoms with van der Waals surface area (Å²) in [6.07, 6.45) is 0. The van der Waals surface area contributed by atoms with Crippen molar-refractivity contribution in [2.75, 3.05) is 6.54 Å². The molecular formula is C13H12Br2FNS. The van der Waals surface area contributed by atoms with E-state index in [-0.39, 0.29) is 11.9 Å². The Labute approximate surface area is 127 Å². The van der Waals surface area contributed by atoms with E-state index in [9.17, 15) is 4.39 Å². The molecule has 0 aliphatic heterocycles. The molecular weight excluding hydrogens is 381 g/mol. The molecule has 96 valence electrons. The lowest BCUT2D eigenvalue weighted by Crippen LogP contribution is -2.21. The van der Waals surface area contributed by atoms with Gasteiger partial charge in [0.15, 0.2) is 0 Å². The smallest absolute Gasteiger partial charge is 0.123 e. The lowest BCUT2D eigenvalue weighted by Gasteiger charge is -2.16. The summed E-state index contributed by atoms with van der Waals surface area (Å²) in [6, 6.07) is 8.83. The zero-order valence-corrected chi connectivity index (χ0v) is 13.7. The Morgan fingerprint density at radius 2 is 1.94 bits per heavy atom. The molecule has 2 rings (SSSR count). The molecule has 1 aromatic heterocycles. The predicted octanol–water partition coefficient (Wildman–Crippen LogP) is 5.11. The fourth-order valence-corrected chi connectivity index (χ4v) is 3.94. The van der Waals surface area contributed by atoms with Crippen LogP contribution in [0.25, 0.3) is 0 Å². The fraction of sp³-hybridized carbons (Fsp3) is 0.231. The van der Waals surface area contributed by atoms with Crippen molar-refractivity contribution in [1.29, 1.82) is 0 Å². The SMILES string of the molecule is CCNC(c1ccc(F)cc1)c1cc(Br)c(Br)s1. The van der Waals surface area contributed by atoms with Crippen molar-refractivity contribution in [2.45, 2.75) is 13.0 Å². The van der Waals surface area contributed by atoms with Crippen LogP contribution in [0.15, 0.2) is 38.6 Å². The number of hydrogen-bond donors (Lipinski definition) is 1. The molecule has 1 heterocycles. The van der Waals surface area contributed by atoms with E-state index in [0.717, 1.165) is 20.4 Å². The van der Waals surface area contributed by atoms with E-state index in [1.807, 2.05) is 12.1 Å². The molecule has 18 heavy (non-hydrogen) atoms. The van der Waals surface area contributed by atoms with Crippen molar-refractivity contribution >= 4 is 43.2 Å². The number of thiophene rings is 1. The molecule has 0 amide bonds. The molecule has 0 bridgehead atoms. The first-order chi connectivity index (χ1) is 8.61. The van der Waals surface area contributed by atoms with Gasteiger partial charge >= 0.3 is 0 Å². The van der Waals surface area contributed by atoms with Crippen molar-refractivity contribution in [3.63, 3.8) is 0 Å². The Morgan fingerprint density at radius 1 is 1.28 bits per heavy atom. The van der Waals surface area contributed by atoms with Gasteiger partial charge in [0.1, 0.15) is 5.82 Å². The van der Waals surface area contributed by atoms with Gasteiger partial charge in [0.25, 0.3) is 0 Å². The maximum absolute atomic E-state index is 13.0. The van der Waals surface area contributed by atoms with Crippen molar-refractivity contribution in [2.24, 2.45) is 0 Å². The highest BCUT2D eigenvalue weighted by molar-refractivity contribution is 9.13. The summed E-state index contributed by atoms with van der Waals surface area (Å²) >= 11 is 8.67. The van der Waals surface area contributed by atoms with E-state index in [2.05, 4.69) is 50.2 Å². The van der Waals surface area contributed by atoms with E-state index in [1.54, 1.807) is 11.3 Å². The summed E-state index contributed by atoms with van der Waals surface area (Å²) in [5.41, 5.74) is 1.07. The van der Waals surface area contributed by atoms with Gasteiger partial charge in [0.2, 0.25) is 0 Å². The van der Waals surface area contributed by atoms with Crippen LogP contribution in [0.5, 0.6) is 0 Å². The Bertz CT molecular complexity index is 505. The highest BCUT2D eigenvalue weighted by Gasteiger charge is 2.16. The summed E-state index contributed by atoms with van der Waals surface area (Å²) in [5, 5.41) is 3.42. The maximum atomic E-state index is 13.0. The number of rotatable bonds is 4. The Balaban J connectivity index is 2.36. The normalized spacial score (nSPS) is 12.7. The van der Waals surface area contributed by atoms with Crippen molar-refractivity contribution in [3.8, 4) is 0 Å². The third kappa shape index (κ3) is 3.20. The fourth-order valence-electron chi connectivity index (χ4n) is 1.75. The topological polar surface area (TPSA) is 12.0 Å². The van der Waals surface area contributed by atoms with Gasteiger partial charge in [0.05, 0.1) is 9.83 Å². The minimum absolute atomic E-state index is 0.100. The molecule has 2 aromatic rings. The van der Waals surface area contributed by atoms with Gasteiger partial charge in [-0.2, -0.15) is 0 Å². The van der Waals surface area contributed by atoms with Crippen LogP contribution in [0.1, 0.15) is 23.4 Å². The minimum atomic E-state index is -0.206. The molecule has 0 aliphatic carbocycles. The van der Waals surface area contributed by atoms with E-state index in [4.69, 9.17) is 0 Å². The molecule has 1 nitrogen and oxygen atoms in total. The predicted molar refractivity (Wildman–Crippen MR) is 81.6 cm³/mol. The second kappa shape index (κ2) is 6.28. The first-order valence-corrected chi connectivity index (χ1v) is 7.95. The first-order valence-electron chi connectivity index (χ1n) is 5.55. The van der Waals surface area contributed by atoms with Gasteiger partial charge in [-0.3, -0.25) is 0 Å². The molecule has 0 aliphatic rings. The number of halogens is 3. The van der Waals surface area contributed by atoms with Crippen LogP contribution >= 0.6 is 43.2 Å². The highest BCUT2D eigenvalue weighted by Crippen LogP contribution is 2.37. The number of benzene rings is 1. The van der Waals surface area contributed by atoms with Crippen LogP contribution in [0, 0.1) is 5.82 Å². The average molecular weight is 393 g/mol. The van der Waals surface area contributed by atoms with Gasteiger partial charge in [-0.25, -0.2) is 4.39 Å². The molecule has 1 aromatic carbocycles. The molecule has 0 radical (unpaired) electrons. The molecule has 0 fully saturated rings. The van der Waals surface area contributed by atoms with Crippen LogP contribution in [0.4, 0.5) is 4.39 Å². The Kier molecular flexibility index (Phi) is 4.95. The van der Waals surface area contributed by atoms with Gasteiger partial charge in [-0.15, -0.1) is 11.3 Å². The number of nitrogens with one attached hydrogen (secondary N) is 1. The van der Waals surface area contributed by atoms with E-state index >= 15 is 0 Å². The molecule has 0 saturated carbocycles. The van der Waals surface area contributed by atoms with Crippen LogP contribution in [0.2, 0.25) is 0 Å². The van der Waals surface area contributed by atoms with Crippen LogP contribution in [0.3, 0.4) is 0 Å². The van der Waals surface area contributed by atoms with Crippen molar-refractivity contribution in [1.82, 2.24) is 5.32 Å². The van der Waals surface area contributed by atoms with Gasteiger partial charge in [0, 0.05) is 9.35 Å². The summed E-state index contributed by atoms with van der Waals surface area (Å²) in [5.74, 6) is -0.206. The lowest BCUT2D eigenvalue weighted by molar-refractivity contribution is 0.617.